The van der Waals surface area contributed by atoms with Crippen LogP contribution in [0.5, 0.6) is 0 Å². The molecule has 0 aromatic heterocycles. The maximum absolute atomic E-state index is 9.44. The molecule has 0 spiro atoms. The summed E-state index contributed by atoms with van der Waals surface area (Å²) in [5, 5.41) is 0. The van der Waals surface area contributed by atoms with E-state index in [-0.39, 0.29) is 35.3 Å². The third-order valence-electron chi connectivity index (χ3n) is 0. The first-order chi connectivity index (χ1) is 3.46. The van der Waals surface area contributed by atoms with Crippen LogP contribution in [0.25, 0.3) is 0 Å². The fourth-order valence-corrected chi connectivity index (χ4v) is 0. The number of carbonyl (C=O) groups excluding carboxylic acids is 1. The van der Waals surface area contributed by atoms with Gasteiger partial charge in [0.25, 0.3) is 21.1 Å². The molecular weight excluding hydrogens is 250 g/mol. The number of Topliss-reactive ketones (excluding diaryl/α,β-unsaturated/α-hetero) is 1. The summed E-state index contributed by atoms with van der Waals surface area (Å²) in [7, 11) is 0. The van der Waals surface area contributed by atoms with Gasteiger partial charge in [0, 0.05) is 0 Å². The van der Waals surface area contributed by atoms with E-state index < -0.39 is 21.1 Å². The summed E-state index contributed by atoms with van der Waals surface area (Å²) >= 11 is -4.01. The monoisotopic (exact) mass is 256 g/mol. The van der Waals surface area contributed by atoms with Crippen molar-refractivity contribution >= 4 is 5.78 Å². The molecule has 4 nitrogen and oxygen atoms in total. The van der Waals surface area contributed by atoms with E-state index in [9.17, 15) is 4.79 Å². The number of halogens is 1. The number of rotatable bonds is 0. The van der Waals surface area contributed by atoms with Gasteiger partial charge in [0.05, 0.1) is 0 Å². The molecule has 0 radical (unpaired) electrons. The van der Waals surface area contributed by atoms with E-state index in [2.05, 4.69) is 0 Å². The van der Waals surface area contributed by atoms with Crippen LogP contribution in [0.3, 0.4) is 0 Å². The zero-order valence-electron chi connectivity index (χ0n) is 5.51. The van der Waals surface area contributed by atoms with Gasteiger partial charge in [-0.25, -0.2) is 0 Å². The van der Waals surface area contributed by atoms with Crippen LogP contribution in [0.15, 0.2) is 0 Å². The van der Waals surface area contributed by atoms with Crippen LogP contribution in [0.4, 0.5) is 0 Å². The molecule has 0 aliphatic heterocycles. The Morgan fingerprint density at radius 3 is 1.22 bits per heavy atom. The van der Waals surface area contributed by atoms with Crippen LogP contribution >= 0.6 is 0 Å². The van der Waals surface area contributed by atoms with Gasteiger partial charge >= 0.3 is 29.6 Å². The van der Waals surface area contributed by atoms with Gasteiger partial charge in [0.1, 0.15) is 5.78 Å². The number of hydrogen-bond donors (Lipinski definition) is 0. The molecular formula is C3H6INaO4. The molecule has 0 aromatic carbocycles. The van der Waals surface area contributed by atoms with Gasteiger partial charge in [-0.1, -0.05) is 0 Å². The van der Waals surface area contributed by atoms with E-state index in [0.29, 0.717) is 0 Å². The molecule has 0 unspecified atom stereocenters. The topological polar surface area (TPSA) is 86.2 Å². The van der Waals surface area contributed by atoms with Gasteiger partial charge in [-0.2, -0.15) is 0 Å². The molecule has 0 saturated heterocycles. The van der Waals surface area contributed by atoms with Crippen molar-refractivity contribution in [3.05, 3.63) is 0 Å². The summed E-state index contributed by atoms with van der Waals surface area (Å²) in [6.45, 7) is 3.06. The van der Waals surface area contributed by atoms with Crippen molar-refractivity contribution in [2.24, 2.45) is 0 Å². The van der Waals surface area contributed by atoms with Crippen LogP contribution < -0.4 is 60.9 Å². The second-order valence-corrected chi connectivity index (χ2v) is 2.18. The molecule has 0 saturated carbocycles. The van der Waals surface area contributed by atoms with Gasteiger partial charge in [-0.15, -0.1) is 0 Å². The molecule has 0 fully saturated rings. The van der Waals surface area contributed by atoms with Gasteiger partial charge in [0.2, 0.25) is 0 Å². The summed E-state index contributed by atoms with van der Waals surface area (Å²) in [5.74, 6) is 0.167. The van der Waals surface area contributed by atoms with Gasteiger partial charge in [0.15, 0.2) is 0 Å². The van der Waals surface area contributed by atoms with Gasteiger partial charge < -0.3 is 15.1 Å². The molecule has 0 aromatic rings. The average Bonchev–Trinajstić information content (AvgIpc) is 1.25. The minimum absolute atomic E-state index is 0. The molecule has 0 N–H and O–H groups in total. The second-order valence-electron chi connectivity index (χ2n) is 1.10. The quantitative estimate of drug-likeness (QED) is 0.318. The number of hydrogen-bond acceptors (Lipinski definition) is 4. The minimum Gasteiger partial charge on any atom is -0.427 e. The normalized spacial score (nSPS) is 6.89. The molecule has 0 aliphatic rings. The number of carbonyl (C=O) groups is 1. The van der Waals surface area contributed by atoms with E-state index in [0.717, 1.165) is 0 Å². The van der Waals surface area contributed by atoms with Crippen molar-refractivity contribution in [2.75, 3.05) is 0 Å². The van der Waals surface area contributed by atoms with E-state index in [1.54, 1.807) is 0 Å². The Kier molecular flexibility index (Phi) is 22.3. The first-order valence-electron chi connectivity index (χ1n) is 1.67. The summed E-state index contributed by atoms with van der Waals surface area (Å²) in [6, 6.07) is 0. The SMILES string of the molecule is CC(C)=O.[Na+].[O-][I+2]([O-])[O-]. The fourth-order valence-electron chi connectivity index (χ4n) is 0. The smallest absolute Gasteiger partial charge is 0.427 e. The van der Waals surface area contributed by atoms with Crippen LogP contribution in [0.1, 0.15) is 13.8 Å². The molecule has 9 heavy (non-hydrogen) atoms. The summed E-state index contributed by atoms with van der Waals surface area (Å²) < 4.78 is 25.7. The largest absolute Gasteiger partial charge is 1.00 e. The predicted molar refractivity (Wildman–Crippen MR) is 16.4 cm³/mol. The van der Waals surface area contributed by atoms with E-state index in [4.69, 9.17) is 10.3 Å². The van der Waals surface area contributed by atoms with Crippen molar-refractivity contribution in [3.8, 4) is 0 Å². The predicted octanol–water partition coefficient (Wildman–Crippen LogP) is -8.96. The number of ketones is 1. The maximum Gasteiger partial charge on any atom is 1.00 e. The van der Waals surface area contributed by atoms with Crippen LogP contribution in [-0.2, 0) is 4.79 Å². The van der Waals surface area contributed by atoms with E-state index in [1.807, 2.05) is 0 Å². The Morgan fingerprint density at radius 2 is 1.22 bits per heavy atom. The molecule has 0 rings (SSSR count). The average molecular weight is 256 g/mol. The Bertz CT molecular complexity index is 60.1. The third kappa shape index (κ3) is 300. The van der Waals surface area contributed by atoms with Crippen molar-refractivity contribution < 1.29 is 65.7 Å². The molecule has 0 atom stereocenters. The minimum atomic E-state index is -4.01. The zero-order chi connectivity index (χ0) is 7.15. The first-order valence-corrected chi connectivity index (χ1v) is 4.31. The molecule has 50 valence electrons. The summed E-state index contributed by atoms with van der Waals surface area (Å²) in [5.41, 5.74) is 0. The summed E-state index contributed by atoms with van der Waals surface area (Å²) in [4.78, 5) is 9.44. The molecule has 0 aliphatic carbocycles. The molecule has 6 heteroatoms. The first kappa shape index (κ1) is 16.7. The Morgan fingerprint density at radius 1 is 1.22 bits per heavy atom. The van der Waals surface area contributed by atoms with Gasteiger partial charge in [-0.3, -0.25) is 0 Å². The van der Waals surface area contributed by atoms with Crippen molar-refractivity contribution in [3.63, 3.8) is 0 Å². The Labute approximate surface area is 84.6 Å². The fraction of sp³-hybridized carbons (Fsp3) is 0.667. The third-order valence-corrected chi connectivity index (χ3v) is 0. The summed E-state index contributed by atoms with van der Waals surface area (Å²) in [6.07, 6.45) is 0. The van der Waals surface area contributed by atoms with Crippen LogP contribution in [0.2, 0.25) is 0 Å². The molecule has 0 heterocycles. The standard InChI is InChI=1S/C3H6O.IO3.Na/c1-3(2)4;2-1(3)4;/h1-2H3;;/q;-1;+1. The molecule has 0 amide bonds. The van der Waals surface area contributed by atoms with Crippen LogP contribution in [0, 0.1) is 0 Å². The zero-order valence-corrected chi connectivity index (χ0v) is 9.67. The van der Waals surface area contributed by atoms with E-state index in [1.165, 1.54) is 13.8 Å². The molecule has 0 bridgehead atoms. The Hall–Kier alpha value is 1.28. The van der Waals surface area contributed by atoms with E-state index >= 15 is 0 Å². The second kappa shape index (κ2) is 12.0. The maximum atomic E-state index is 9.44. The van der Waals surface area contributed by atoms with Crippen molar-refractivity contribution in [2.45, 2.75) is 13.8 Å². The van der Waals surface area contributed by atoms with Gasteiger partial charge in [-0.05, 0) is 13.8 Å². The van der Waals surface area contributed by atoms with Crippen molar-refractivity contribution in [1.82, 2.24) is 0 Å². The Balaban J connectivity index is -0.0000000720. The van der Waals surface area contributed by atoms with Crippen LogP contribution in [-0.4, -0.2) is 5.78 Å². The van der Waals surface area contributed by atoms with Crippen molar-refractivity contribution in [1.29, 1.82) is 0 Å².